The number of nitrogens with zero attached hydrogens (tertiary/aromatic N) is 1. The quantitative estimate of drug-likeness (QED) is 0.336. The number of thioether (sulfide) groups is 1. The highest BCUT2D eigenvalue weighted by Crippen LogP contribution is 2.25. The summed E-state index contributed by atoms with van der Waals surface area (Å²) in [5, 5.41) is 0.934. The van der Waals surface area contributed by atoms with E-state index in [0.717, 1.165) is 34.6 Å². The van der Waals surface area contributed by atoms with Gasteiger partial charge in [0.2, 0.25) is 5.69 Å². The van der Waals surface area contributed by atoms with Crippen LogP contribution in [0.1, 0.15) is 28.8 Å². The zero-order valence-corrected chi connectivity index (χ0v) is 17.3. The number of pyridine rings is 1. The maximum atomic E-state index is 12.4. The molecular weight excluding hydrogens is 422 g/mol. The first-order valence-electron chi connectivity index (χ1n) is 8.51. The molecule has 1 aliphatic rings. The van der Waals surface area contributed by atoms with E-state index in [2.05, 4.69) is 17.9 Å². The van der Waals surface area contributed by atoms with Crippen molar-refractivity contribution in [2.75, 3.05) is 5.75 Å². The average molecular weight is 440 g/mol. The Morgan fingerprint density at radius 2 is 2.11 bits per heavy atom. The van der Waals surface area contributed by atoms with Crippen LogP contribution in [-0.2, 0) is 12.8 Å². The van der Waals surface area contributed by atoms with Crippen LogP contribution in [0.2, 0.25) is 0 Å². The van der Waals surface area contributed by atoms with Crippen LogP contribution in [0.15, 0.2) is 51.8 Å². The van der Waals surface area contributed by atoms with Gasteiger partial charge in [0.1, 0.15) is 12.6 Å². The molecule has 4 rings (SSSR count). The Balaban J connectivity index is 0.00000210. The lowest BCUT2D eigenvalue weighted by atomic mass is 10.0. The normalized spacial score (nSPS) is 13.2. The SMILES string of the molecule is C[n+]1ccccc1/C=C/c1cc2cc3c(cc2oc1=O)C#CCCSC3.[Br-]. The zero-order valence-electron chi connectivity index (χ0n) is 14.9. The Labute approximate surface area is 172 Å². The Morgan fingerprint density at radius 1 is 1.22 bits per heavy atom. The predicted octanol–water partition coefficient (Wildman–Crippen LogP) is 0.780. The molecule has 0 saturated heterocycles. The van der Waals surface area contributed by atoms with Crippen LogP contribution in [0.5, 0.6) is 0 Å². The monoisotopic (exact) mass is 439 g/mol. The van der Waals surface area contributed by atoms with Crippen LogP contribution in [0.4, 0.5) is 0 Å². The maximum absolute atomic E-state index is 12.4. The molecule has 2 aromatic heterocycles. The third kappa shape index (κ3) is 4.35. The van der Waals surface area contributed by atoms with E-state index in [9.17, 15) is 4.79 Å². The minimum Gasteiger partial charge on any atom is -1.00 e. The standard InChI is InChI=1S/C22H18NO2S.BrH/c1-23-10-4-2-7-20(23)9-8-17-12-18-13-19-15-26-11-5-3-6-16(19)14-21(18)25-22(17)24;/h2,4,7-10,12-14H,5,11,15H2,1H3;1H/q+1;/p-1/b9-8+;. The molecule has 3 heterocycles. The molecule has 0 bridgehead atoms. The van der Waals surface area contributed by atoms with Crippen molar-refractivity contribution in [3.63, 3.8) is 0 Å². The molecule has 1 aliphatic heterocycles. The van der Waals surface area contributed by atoms with Crippen LogP contribution >= 0.6 is 11.8 Å². The lowest BCUT2D eigenvalue weighted by molar-refractivity contribution is -0.673. The number of aryl methyl sites for hydroxylation is 1. The molecule has 3 aromatic rings. The largest absolute Gasteiger partial charge is 1.00 e. The van der Waals surface area contributed by atoms with Crippen molar-refractivity contribution in [2.24, 2.45) is 7.05 Å². The molecule has 27 heavy (non-hydrogen) atoms. The van der Waals surface area contributed by atoms with Gasteiger partial charge in [-0.1, -0.05) is 11.8 Å². The van der Waals surface area contributed by atoms with Gasteiger partial charge in [-0.2, -0.15) is 11.8 Å². The molecule has 0 amide bonds. The number of fused-ring (bicyclic) bond motifs is 2. The van der Waals surface area contributed by atoms with E-state index >= 15 is 0 Å². The Bertz CT molecular complexity index is 1140. The van der Waals surface area contributed by atoms with Gasteiger partial charge in [0.25, 0.3) is 0 Å². The van der Waals surface area contributed by atoms with Gasteiger partial charge in [0.05, 0.1) is 5.56 Å². The van der Waals surface area contributed by atoms with Crippen LogP contribution in [0, 0.1) is 11.8 Å². The van der Waals surface area contributed by atoms with E-state index in [4.69, 9.17) is 4.42 Å². The molecule has 136 valence electrons. The summed E-state index contributed by atoms with van der Waals surface area (Å²) in [6.07, 6.45) is 6.60. The molecule has 5 heteroatoms. The molecule has 0 saturated carbocycles. The fraction of sp³-hybridized carbons (Fsp3) is 0.182. The molecule has 0 N–H and O–H groups in total. The minimum atomic E-state index is -0.333. The van der Waals surface area contributed by atoms with Gasteiger partial charge in [-0.3, -0.25) is 0 Å². The van der Waals surface area contributed by atoms with Crippen molar-refractivity contribution in [1.82, 2.24) is 0 Å². The molecular formula is C22H18BrNO2S. The summed E-state index contributed by atoms with van der Waals surface area (Å²) in [6, 6.07) is 11.8. The predicted molar refractivity (Wildman–Crippen MR) is 107 cm³/mol. The number of halogens is 1. The fourth-order valence-corrected chi connectivity index (χ4v) is 3.78. The summed E-state index contributed by atoms with van der Waals surface area (Å²) in [5.74, 6) is 8.36. The molecule has 3 nitrogen and oxygen atoms in total. The maximum Gasteiger partial charge on any atom is 0.343 e. The van der Waals surface area contributed by atoms with Crippen molar-refractivity contribution in [3.8, 4) is 11.8 Å². The third-order valence-electron chi connectivity index (χ3n) is 4.37. The van der Waals surface area contributed by atoms with Gasteiger partial charge in [-0.05, 0) is 35.9 Å². The second kappa shape index (κ2) is 8.60. The van der Waals surface area contributed by atoms with E-state index in [-0.39, 0.29) is 22.6 Å². The topological polar surface area (TPSA) is 34.1 Å². The number of hydrogen-bond acceptors (Lipinski definition) is 3. The molecule has 0 fully saturated rings. The second-order valence-electron chi connectivity index (χ2n) is 6.21. The van der Waals surface area contributed by atoms with E-state index in [0.29, 0.717) is 11.1 Å². The second-order valence-corrected chi connectivity index (χ2v) is 7.32. The van der Waals surface area contributed by atoms with Gasteiger partial charge in [-0.25, -0.2) is 9.36 Å². The van der Waals surface area contributed by atoms with Crippen LogP contribution in [0.25, 0.3) is 23.1 Å². The molecule has 0 aliphatic carbocycles. The van der Waals surface area contributed by atoms with Crippen molar-refractivity contribution in [2.45, 2.75) is 12.2 Å². The highest BCUT2D eigenvalue weighted by atomic mass is 79.9. The fourth-order valence-electron chi connectivity index (χ4n) is 2.93. The highest BCUT2D eigenvalue weighted by molar-refractivity contribution is 7.98. The minimum absolute atomic E-state index is 0. The Kier molecular flexibility index (Phi) is 6.20. The molecule has 1 aromatic carbocycles. The van der Waals surface area contributed by atoms with Crippen LogP contribution in [-0.4, -0.2) is 5.75 Å². The first-order chi connectivity index (χ1) is 12.7. The lowest BCUT2D eigenvalue weighted by Crippen LogP contribution is -3.00. The summed E-state index contributed by atoms with van der Waals surface area (Å²) >= 11 is 1.89. The summed E-state index contributed by atoms with van der Waals surface area (Å²) in [6.45, 7) is 0. The summed E-state index contributed by atoms with van der Waals surface area (Å²) in [7, 11) is 1.97. The Morgan fingerprint density at radius 3 is 2.96 bits per heavy atom. The van der Waals surface area contributed by atoms with Gasteiger partial charge < -0.3 is 21.4 Å². The Hall–Kier alpha value is -2.29. The first kappa shape index (κ1) is 19.5. The summed E-state index contributed by atoms with van der Waals surface area (Å²) in [5.41, 5.74) is 3.99. The van der Waals surface area contributed by atoms with Crippen LogP contribution in [0.3, 0.4) is 0 Å². The van der Waals surface area contributed by atoms with Gasteiger partial charge in [0, 0.05) is 47.1 Å². The summed E-state index contributed by atoms with van der Waals surface area (Å²) in [4.78, 5) is 12.4. The number of hydrogen-bond donors (Lipinski definition) is 0. The van der Waals surface area contributed by atoms with E-state index in [1.165, 1.54) is 5.56 Å². The van der Waals surface area contributed by atoms with E-state index in [1.54, 1.807) is 0 Å². The van der Waals surface area contributed by atoms with E-state index < -0.39 is 0 Å². The molecule has 0 spiro atoms. The molecule has 0 unspecified atom stereocenters. The van der Waals surface area contributed by atoms with Crippen LogP contribution < -0.4 is 27.2 Å². The van der Waals surface area contributed by atoms with Crippen molar-refractivity contribution < 1.29 is 26.0 Å². The van der Waals surface area contributed by atoms with Crippen molar-refractivity contribution >= 4 is 34.9 Å². The number of rotatable bonds is 2. The van der Waals surface area contributed by atoms with Gasteiger partial charge in [0.15, 0.2) is 6.20 Å². The first-order valence-corrected chi connectivity index (χ1v) is 9.66. The number of benzene rings is 1. The van der Waals surface area contributed by atoms with E-state index in [1.807, 2.05) is 72.1 Å². The zero-order chi connectivity index (χ0) is 17.9. The third-order valence-corrected chi connectivity index (χ3v) is 5.37. The van der Waals surface area contributed by atoms with Gasteiger partial charge in [-0.15, -0.1) is 0 Å². The van der Waals surface area contributed by atoms with Gasteiger partial charge >= 0.3 is 5.63 Å². The van der Waals surface area contributed by atoms with Crippen molar-refractivity contribution in [3.05, 3.63) is 75.4 Å². The smallest absolute Gasteiger partial charge is 0.343 e. The molecule has 0 atom stereocenters. The molecule has 0 radical (unpaired) electrons. The lowest BCUT2D eigenvalue weighted by Gasteiger charge is -2.08. The average Bonchev–Trinajstić information content (AvgIpc) is 2.61. The van der Waals surface area contributed by atoms with Crippen molar-refractivity contribution in [1.29, 1.82) is 0 Å². The number of aromatic nitrogens is 1. The highest BCUT2D eigenvalue weighted by Gasteiger charge is 2.10. The summed E-state index contributed by atoms with van der Waals surface area (Å²) < 4.78 is 7.56.